The van der Waals surface area contributed by atoms with Crippen LogP contribution in [-0.2, 0) is 14.3 Å². The minimum atomic E-state index is -0.380. The van der Waals surface area contributed by atoms with Gasteiger partial charge in [-0.25, -0.2) is 0 Å². The molecule has 0 radical (unpaired) electrons. The number of carbonyl (C=O) groups excluding carboxylic acids is 3. The van der Waals surface area contributed by atoms with E-state index in [1.807, 2.05) is 31.2 Å². The molecule has 0 aliphatic carbocycles. The van der Waals surface area contributed by atoms with Crippen molar-refractivity contribution in [1.29, 1.82) is 0 Å². The fraction of sp³-hybridized carbons (Fsp3) is 0.500. The van der Waals surface area contributed by atoms with E-state index in [4.69, 9.17) is 0 Å². The van der Waals surface area contributed by atoms with Crippen LogP contribution >= 0.6 is 0 Å². The van der Waals surface area contributed by atoms with Crippen LogP contribution in [-0.4, -0.2) is 60.9 Å². The van der Waals surface area contributed by atoms with Crippen LogP contribution in [0.4, 0.5) is 0 Å². The van der Waals surface area contributed by atoms with Crippen molar-refractivity contribution in [2.24, 2.45) is 0 Å². The van der Waals surface area contributed by atoms with Gasteiger partial charge >= 0.3 is 5.97 Å². The zero-order valence-electron chi connectivity index (χ0n) is 14.3. The highest BCUT2D eigenvalue weighted by Crippen LogP contribution is 2.11. The van der Waals surface area contributed by atoms with Crippen LogP contribution in [0.2, 0.25) is 0 Å². The van der Waals surface area contributed by atoms with E-state index >= 15 is 0 Å². The maximum Gasteiger partial charge on any atom is 0.306 e. The van der Waals surface area contributed by atoms with E-state index in [1.165, 1.54) is 7.11 Å². The van der Waals surface area contributed by atoms with Gasteiger partial charge < -0.3 is 14.5 Å². The molecule has 1 aliphatic rings. The normalized spacial score (nSPS) is 14.9. The SMILES string of the molecule is COC(=O)CCC(=O)N1CCCN(C(=O)c2ccc(C)cc2)CC1. The van der Waals surface area contributed by atoms with E-state index in [-0.39, 0.29) is 30.6 Å². The van der Waals surface area contributed by atoms with Gasteiger partial charge in [0.15, 0.2) is 0 Å². The summed E-state index contributed by atoms with van der Waals surface area (Å²) in [7, 11) is 1.31. The van der Waals surface area contributed by atoms with Gasteiger partial charge in [-0.05, 0) is 25.5 Å². The monoisotopic (exact) mass is 332 g/mol. The Bertz CT molecular complexity index is 598. The molecule has 1 aromatic carbocycles. The van der Waals surface area contributed by atoms with Crippen LogP contribution in [0.15, 0.2) is 24.3 Å². The molecule has 1 fully saturated rings. The Morgan fingerprint density at radius 2 is 1.58 bits per heavy atom. The Kier molecular flexibility index (Phi) is 6.35. The average Bonchev–Trinajstić information content (AvgIpc) is 2.85. The number of hydrogen-bond acceptors (Lipinski definition) is 4. The largest absolute Gasteiger partial charge is 0.469 e. The van der Waals surface area contributed by atoms with Crippen LogP contribution < -0.4 is 0 Å². The molecule has 2 amide bonds. The molecule has 0 saturated carbocycles. The fourth-order valence-corrected chi connectivity index (χ4v) is 2.72. The Hall–Kier alpha value is -2.37. The first kappa shape index (κ1) is 18.0. The molecule has 0 N–H and O–H groups in total. The lowest BCUT2D eigenvalue weighted by Crippen LogP contribution is -2.37. The molecule has 1 aliphatic heterocycles. The molecule has 0 aromatic heterocycles. The Labute approximate surface area is 142 Å². The molecule has 1 saturated heterocycles. The molecule has 0 bridgehead atoms. The summed E-state index contributed by atoms with van der Waals surface area (Å²) < 4.78 is 4.56. The molecule has 24 heavy (non-hydrogen) atoms. The molecule has 0 atom stereocenters. The predicted octanol–water partition coefficient (Wildman–Crippen LogP) is 1.62. The van der Waals surface area contributed by atoms with Crippen LogP contribution in [0.3, 0.4) is 0 Å². The number of rotatable bonds is 4. The third kappa shape index (κ3) is 4.81. The molecule has 1 aromatic rings. The van der Waals surface area contributed by atoms with Gasteiger partial charge in [-0.1, -0.05) is 17.7 Å². The Balaban J connectivity index is 1.90. The lowest BCUT2D eigenvalue weighted by Gasteiger charge is -2.22. The van der Waals surface area contributed by atoms with Gasteiger partial charge in [0, 0.05) is 38.2 Å². The Morgan fingerprint density at radius 1 is 0.958 bits per heavy atom. The number of esters is 1. The zero-order chi connectivity index (χ0) is 17.5. The summed E-state index contributed by atoms with van der Waals surface area (Å²) in [6.07, 6.45) is 0.984. The van der Waals surface area contributed by atoms with Crippen molar-refractivity contribution in [3.63, 3.8) is 0 Å². The molecule has 2 rings (SSSR count). The second-order valence-electron chi connectivity index (χ2n) is 5.97. The summed E-state index contributed by atoms with van der Waals surface area (Å²) in [5, 5.41) is 0. The molecule has 6 nitrogen and oxygen atoms in total. The van der Waals surface area contributed by atoms with E-state index in [1.54, 1.807) is 9.80 Å². The number of hydrogen-bond donors (Lipinski definition) is 0. The minimum Gasteiger partial charge on any atom is -0.469 e. The van der Waals surface area contributed by atoms with Gasteiger partial charge in [0.25, 0.3) is 5.91 Å². The lowest BCUT2D eigenvalue weighted by molar-refractivity contribution is -0.143. The number of nitrogens with zero attached hydrogens (tertiary/aromatic N) is 2. The predicted molar refractivity (Wildman–Crippen MR) is 89.5 cm³/mol. The van der Waals surface area contributed by atoms with Crippen LogP contribution in [0.5, 0.6) is 0 Å². The quantitative estimate of drug-likeness (QED) is 0.786. The van der Waals surface area contributed by atoms with Gasteiger partial charge in [-0.3, -0.25) is 14.4 Å². The number of benzene rings is 1. The van der Waals surface area contributed by atoms with Crippen LogP contribution in [0.25, 0.3) is 0 Å². The second kappa shape index (κ2) is 8.47. The van der Waals surface area contributed by atoms with Crippen molar-refractivity contribution in [3.05, 3.63) is 35.4 Å². The van der Waals surface area contributed by atoms with Gasteiger partial charge in [0.05, 0.1) is 13.5 Å². The minimum absolute atomic E-state index is 0.00106. The summed E-state index contributed by atoms with van der Waals surface area (Å²) in [6, 6.07) is 7.52. The summed E-state index contributed by atoms with van der Waals surface area (Å²) in [6.45, 7) is 4.23. The number of aryl methyl sites for hydroxylation is 1. The maximum absolute atomic E-state index is 12.6. The summed E-state index contributed by atoms with van der Waals surface area (Å²) in [4.78, 5) is 39.4. The first-order valence-electron chi connectivity index (χ1n) is 8.22. The molecule has 0 spiro atoms. The van der Waals surface area contributed by atoms with E-state index < -0.39 is 0 Å². The number of ether oxygens (including phenoxy) is 1. The number of methoxy groups -OCH3 is 1. The summed E-state index contributed by atoms with van der Waals surface area (Å²) in [5.74, 6) is -0.446. The van der Waals surface area contributed by atoms with Gasteiger partial charge in [-0.2, -0.15) is 0 Å². The van der Waals surface area contributed by atoms with Gasteiger partial charge in [0.2, 0.25) is 5.91 Å². The zero-order valence-corrected chi connectivity index (χ0v) is 14.3. The smallest absolute Gasteiger partial charge is 0.306 e. The number of carbonyl (C=O) groups is 3. The molecular weight excluding hydrogens is 308 g/mol. The first-order chi connectivity index (χ1) is 11.5. The first-order valence-corrected chi connectivity index (χ1v) is 8.22. The summed E-state index contributed by atoms with van der Waals surface area (Å²) >= 11 is 0. The fourth-order valence-electron chi connectivity index (χ4n) is 2.72. The molecule has 0 unspecified atom stereocenters. The highest BCUT2D eigenvalue weighted by Gasteiger charge is 2.23. The van der Waals surface area contributed by atoms with Gasteiger partial charge in [-0.15, -0.1) is 0 Å². The van der Waals surface area contributed by atoms with Crippen molar-refractivity contribution in [2.75, 3.05) is 33.3 Å². The lowest BCUT2D eigenvalue weighted by atomic mass is 10.1. The van der Waals surface area contributed by atoms with Crippen LogP contribution in [0, 0.1) is 6.92 Å². The maximum atomic E-state index is 12.6. The van der Waals surface area contributed by atoms with Crippen LogP contribution in [0.1, 0.15) is 35.2 Å². The summed E-state index contributed by atoms with van der Waals surface area (Å²) in [5.41, 5.74) is 1.79. The van der Waals surface area contributed by atoms with E-state index in [0.29, 0.717) is 31.7 Å². The molecular formula is C18H24N2O4. The second-order valence-corrected chi connectivity index (χ2v) is 5.97. The van der Waals surface area contributed by atoms with E-state index in [9.17, 15) is 14.4 Å². The third-order valence-electron chi connectivity index (χ3n) is 4.20. The highest BCUT2D eigenvalue weighted by atomic mass is 16.5. The molecule has 1 heterocycles. The third-order valence-corrected chi connectivity index (χ3v) is 4.20. The molecule has 6 heteroatoms. The van der Waals surface area contributed by atoms with Crippen molar-refractivity contribution >= 4 is 17.8 Å². The van der Waals surface area contributed by atoms with Gasteiger partial charge in [0.1, 0.15) is 0 Å². The molecule has 130 valence electrons. The topological polar surface area (TPSA) is 66.9 Å². The van der Waals surface area contributed by atoms with Crippen molar-refractivity contribution in [1.82, 2.24) is 9.80 Å². The highest BCUT2D eigenvalue weighted by molar-refractivity contribution is 5.94. The van der Waals surface area contributed by atoms with E-state index in [0.717, 1.165) is 12.0 Å². The van der Waals surface area contributed by atoms with E-state index in [2.05, 4.69) is 4.74 Å². The Morgan fingerprint density at radius 3 is 2.25 bits per heavy atom. The van der Waals surface area contributed by atoms with Crippen molar-refractivity contribution < 1.29 is 19.1 Å². The standard InChI is InChI=1S/C18H24N2O4/c1-14-4-6-15(7-5-14)18(23)20-11-3-10-19(12-13-20)16(21)8-9-17(22)24-2/h4-7H,3,8-13H2,1-2H3. The van der Waals surface area contributed by atoms with Crippen molar-refractivity contribution in [3.8, 4) is 0 Å². The average molecular weight is 332 g/mol. The number of amides is 2. The van der Waals surface area contributed by atoms with Crippen molar-refractivity contribution in [2.45, 2.75) is 26.2 Å².